The molecule has 0 spiro atoms. The van der Waals surface area contributed by atoms with E-state index in [-0.39, 0.29) is 16.3 Å². The quantitative estimate of drug-likeness (QED) is 0.656. The van der Waals surface area contributed by atoms with E-state index in [0.717, 1.165) is 19.5 Å². The molecule has 2 heterocycles. The Bertz CT molecular complexity index is 568. The summed E-state index contributed by atoms with van der Waals surface area (Å²) < 4.78 is 6.64. The zero-order valence-corrected chi connectivity index (χ0v) is 13.7. The highest BCUT2D eigenvalue weighted by molar-refractivity contribution is 8.14. The standard InChI is InChI=1S/C15H21N3O3S/c1-3-21-15(20)13-9-17-18(10-13)7-5-12-8-16-6-4-14(12)22-11(2)19/h5,9-10,14,16H,3-4,6-8H2,1-2H3. The first kappa shape index (κ1) is 16.8. The van der Waals surface area contributed by atoms with Crippen molar-refractivity contribution in [2.24, 2.45) is 0 Å². The number of aromatic nitrogens is 2. The van der Waals surface area contributed by atoms with E-state index in [4.69, 9.17) is 4.74 Å². The molecule has 120 valence electrons. The number of hydrogen-bond donors (Lipinski definition) is 1. The summed E-state index contributed by atoms with van der Waals surface area (Å²) in [5.74, 6) is -0.356. The van der Waals surface area contributed by atoms with Crippen LogP contribution in [0.5, 0.6) is 0 Å². The van der Waals surface area contributed by atoms with Crippen molar-refractivity contribution in [1.29, 1.82) is 0 Å². The van der Waals surface area contributed by atoms with E-state index in [9.17, 15) is 9.59 Å². The summed E-state index contributed by atoms with van der Waals surface area (Å²) >= 11 is 1.38. The van der Waals surface area contributed by atoms with Crippen LogP contribution in [0.2, 0.25) is 0 Å². The molecule has 6 nitrogen and oxygen atoms in total. The van der Waals surface area contributed by atoms with Gasteiger partial charge in [-0.1, -0.05) is 17.8 Å². The molecule has 0 amide bonds. The van der Waals surface area contributed by atoms with E-state index < -0.39 is 0 Å². The summed E-state index contributed by atoms with van der Waals surface area (Å²) in [5, 5.41) is 7.86. The van der Waals surface area contributed by atoms with E-state index in [1.165, 1.54) is 23.5 Å². The molecule has 7 heteroatoms. The number of carbonyl (C=O) groups is 2. The Morgan fingerprint density at radius 2 is 2.41 bits per heavy atom. The van der Waals surface area contributed by atoms with Crippen LogP contribution in [0.4, 0.5) is 0 Å². The molecule has 1 N–H and O–H groups in total. The van der Waals surface area contributed by atoms with Gasteiger partial charge in [-0.15, -0.1) is 0 Å². The Balaban J connectivity index is 2.00. The minimum Gasteiger partial charge on any atom is -0.462 e. The van der Waals surface area contributed by atoms with Gasteiger partial charge in [0.05, 0.1) is 24.9 Å². The van der Waals surface area contributed by atoms with E-state index in [2.05, 4.69) is 16.5 Å². The molecular weight excluding hydrogens is 302 g/mol. The lowest BCUT2D eigenvalue weighted by atomic mass is 10.1. The van der Waals surface area contributed by atoms with Crippen LogP contribution in [0.15, 0.2) is 24.0 Å². The van der Waals surface area contributed by atoms with Crippen molar-refractivity contribution < 1.29 is 14.3 Å². The summed E-state index contributed by atoms with van der Waals surface area (Å²) in [6, 6.07) is 0. The molecule has 1 unspecified atom stereocenters. The Hall–Kier alpha value is -1.60. The third-order valence-corrected chi connectivity index (χ3v) is 4.47. The van der Waals surface area contributed by atoms with Gasteiger partial charge in [0, 0.05) is 24.9 Å². The number of carbonyl (C=O) groups excluding carboxylic acids is 2. The number of esters is 1. The SMILES string of the molecule is CCOC(=O)c1cnn(CC=C2CNCCC2SC(C)=O)c1. The Kier molecular flexibility index (Phi) is 6.21. The molecule has 0 aromatic carbocycles. The molecule has 1 fully saturated rings. The molecule has 0 bridgehead atoms. The third-order valence-electron chi connectivity index (χ3n) is 3.32. The predicted molar refractivity (Wildman–Crippen MR) is 85.8 cm³/mol. The highest BCUT2D eigenvalue weighted by atomic mass is 32.2. The highest BCUT2D eigenvalue weighted by Crippen LogP contribution is 2.25. The maximum absolute atomic E-state index is 11.6. The van der Waals surface area contributed by atoms with E-state index in [1.54, 1.807) is 24.7 Å². The number of nitrogens with one attached hydrogen (secondary N) is 1. The monoisotopic (exact) mass is 323 g/mol. The van der Waals surface area contributed by atoms with Gasteiger partial charge in [-0.05, 0) is 25.5 Å². The summed E-state index contributed by atoms with van der Waals surface area (Å²) in [7, 11) is 0. The van der Waals surface area contributed by atoms with Crippen molar-refractivity contribution >= 4 is 22.8 Å². The third kappa shape index (κ3) is 4.71. The number of hydrogen-bond acceptors (Lipinski definition) is 6. The van der Waals surface area contributed by atoms with Gasteiger partial charge >= 0.3 is 5.97 Å². The van der Waals surface area contributed by atoms with Crippen LogP contribution in [0, 0.1) is 0 Å². The van der Waals surface area contributed by atoms with E-state index in [1.807, 2.05) is 0 Å². The van der Waals surface area contributed by atoms with Crippen molar-refractivity contribution in [3.8, 4) is 0 Å². The second-order valence-corrected chi connectivity index (χ2v) is 6.39. The fourth-order valence-corrected chi connectivity index (χ4v) is 3.27. The van der Waals surface area contributed by atoms with Crippen molar-refractivity contribution in [3.05, 3.63) is 29.6 Å². The molecule has 1 aromatic rings. The van der Waals surface area contributed by atoms with Gasteiger partial charge in [0.2, 0.25) is 0 Å². The van der Waals surface area contributed by atoms with Crippen LogP contribution >= 0.6 is 11.8 Å². The lowest BCUT2D eigenvalue weighted by Gasteiger charge is -2.25. The molecule has 1 aliphatic heterocycles. The fraction of sp³-hybridized carbons (Fsp3) is 0.533. The molecule has 2 rings (SSSR count). The molecular formula is C15H21N3O3S. The lowest BCUT2D eigenvalue weighted by Crippen LogP contribution is -2.32. The van der Waals surface area contributed by atoms with Crippen molar-refractivity contribution in [2.75, 3.05) is 19.7 Å². The van der Waals surface area contributed by atoms with Crippen molar-refractivity contribution in [1.82, 2.24) is 15.1 Å². The first-order valence-corrected chi connectivity index (χ1v) is 8.24. The predicted octanol–water partition coefficient (Wildman–Crippen LogP) is 1.63. The van der Waals surface area contributed by atoms with E-state index >= 15 is 0 Å². The second kappa shape index (κ2) is 8.14. The largest absolute Gasteiger partial charge is 0.462 e. The number of thioether (sulfide) groups is 1. The first-order chi connectivity index (χ1) is 10.6. The van der Waals surface area contributed by atoms with Crippen LogP contribution < -0.4 is 5.32 Å². The zero-order valence-electron chi connectivity index (χ0n) is 12.9. The van der Waals surface area contributed by atoms with Crippen LogP contribution in [0.3, 0.4) is 0 Å². The van der Waals surface area contributed by atoms with Crippen molar-refractivity contribution in [2.45, 2.75) is 32.1 Å². The Morgan fingerprint density at radius 1 is 1.59 bits per heavy atom. The summed E-state index contributed by atoms with van der Waals surface area (Å²) in [4.78, 5) is 22.9. The van der Waals surface area contributed by atoms with E-state index in [0.29, 0.717) is 18.7 Å². The van der Waals surface area contributed by atoms with Gasteiger partial charge < -0.3 is 10.1 Å². The lowest BCUT2D eigenvalue weighted by molar-refractivity contribution is -0.109. The topological polar surface area (TPSA) is 73.2 Å². The zero-order chi connectivity index (χ0) is 15.9. The molecule has 0 saturated carbocycles. The molecule has 1 saturated heterocycles. The fourth-order valence-electron chi connectivity index (χ4n) is 2.30. The summed E-state index contributed by atoms with van der Waals surface area (Å²) in [5.41, 5.74) is 1.66. The summed E-state index contributed by atoms with van der Waals surface area (Å²) in [6.07, 6.45) is 6.22. The molecule has 0 aliphatic carbocycles. The second-order valence-electron chi connectivity index (χ2n) is 5.01. The number of nitrogens with zero attached hydrogens (tertiary/aromatic N) is 2. The van der Waals surface area contributed by atoms with Gasteiger partial charge in [-0.2, -0.15) is 5.10 Å². The molecule has 1 atom stereocenters. The van der Waals surface area contributed by atoms with Gasteiger partial charge in [-0.3, -0.25) is 9.48 Å². The molecule has 1 aromatic heterocycles. The number of piperidine rings is 1. The van der Waals surface area contributed by atoms with Gasteiger partial charge in [-0.25, -0.2) is 4.79 Å². The maximum Gasteiger partial charge on any atom is 0.341 e. The average Bonchev–Trinajstić information content (AvgIpc) is 2.95. The van der Waals surface area contributed by atoms with Crippen molar-refractivity contribution in [3.63, 3.8) is 0 Å². The van der Waals surface area contributed by atoms with Crippen LogP contribution in [-0.2, 0) is 16.1 Å². The van der Waals surface area contributed by atoms with Crippen LogP contribution in [-0.4, -0.2) is 45.8 Å². The Labute approximate surface area is 134 Å². The maximum atomic E-state index is 11.6. The molecule has 1 aliphatic rings. The normalized spacial score (nSPS) is 20.1. The Morgan fingerprint density at radius 3 is 3.14 bits per heavy atom. The van der Waals surface area contributed by atoms with Gasteiger partial charge in [0.15, 0.2) is 5.12 Å². The summed E-state index contributed by atoms with van der Waals surface area (Å²) in [6.45, 7) is 6.02. The highest BCUT2D eigenvalue weighted by Gasteiger charge is 2.20. The van der Waals surface area contributed by atoms with Gasteiger partial charge in [0.1, 0.15) is 0 Å². The van der Waals surface area contributed by atoms with Crippen LogP contribution in [0.25, 0.3) is 0 Å². The minimum absolute atomic E-state index is 0.140. The van der Waals surface area contributed by atoms with Gasteiger partial charge in [0.25, 0.3) is 0 Å². The first-order valence-electron chi connectivity index (χ1n) is 7.36. The molecule has 22 heavy (non-hydrogen) atoms. The smallest absolute Gasteiger partial charge is 0.341 e. The number of rotatable bonds is 5. The molecule has 0 radical (unpaired) electrons. The minimum atomic E-state index is -0.356. The number of ether oxygens (including phenoxy) is 1. The van der Waals surface area contributed by atoms with Crippen LogP contribution in [0.1, 0.15) is 30.6 Å². The number of allylic oxidation sites excluding steroid dienone is 1. The average molecular weight is 323 g/mol.